The third-order valence-corrected chi connectivity index (χ3v) is 1.42. The van der Waals surface area contributed by atoms with Gasteiger partial charge in [-0.15, -0.1) is 0 Å². The molecule has 0 radical (unpaired) electrons. The molecule has 0 bridgehead atoms. The molecule has 2 N–H and O–H groups in total. The van der Waals surface area contributed by atoms with Crippen molar-refractivity contribution in [3.8, 4) is 0 Å². The van der Waals surface area contributed by atoms with E-state index in [4.69, 9.17) is 10.2 Å². The minimum atomic E-state index is -0.454. The maximum absolute atomic E-state index is 12.1. The first-order valence-corrected chi connectivity index (χ1v) is 3.18. The molecule has 0 spiro atoms. The summed E-state index contributed by atoms with van der Waals surface area (Å²) < 4.78 is 17.0. The molecule has 0 fully saturated rings. The minimum absolute atomic E-state index is 0.269. The SMILES string of the molecule is NCC(CF)c1ccco1. The number of halogens is 1. The van der Waals surface area contributed by atoms with Crippen molar-refractivity contribution in [1.29, 1.82) is 0 Å². The number of nitrogens with two attached hydrogens (primary N) is 1. The molecule has 0 amide bonds. The molecule has 2 nitrogen and oxygen atoms in total. The molecule has 0 aliphatic rings. The molecule has 0 saturated heterocycles. The molecule has 1 unspecified atom stereocenters. The topological polar surface area (TPSA) is 39.2 Å². The van der Waals surface area contributed by atoms with Gasteiger partial charge >= 0.3 is 0 Å². The first-order valence-electron chi connectivity index (χ1n) is 3.18. The summed E-state index contributed by atoms with van der Waals surface area (Å²) in [6.45, 7) is -0.159. The number of rotatable bonds is 3. The first kappa shape index (κ1) is 7.28. The van der Waals surface area contributed by atoms with Crippen molar-refractivity contribution in [3.63, 3.8) is 0 Å². The van der Waals surface area contributed by atoms with Crippen LogP contribution in [0.25, 0.3) is 0 Å². The normalized spacial score (nSPS) is 13.4. The van der Waals surface area contributed by atoms with Gasteiger partial charge < -0.3 is 10.2 Å². The van der Waals surface area contributed by atoms with Gasteiger partial charge in [-0.05, 0) is 12.1 Å². The maximum Gasteiger partial charge on any atom is 0.110 e. The van der Waals surface area contributed by atoms with E-state index < -0.39 is 6.67 Å². The van der Waals surface area contributed by atoms with E-state index in [-0.39, 0.29) is 5.92 Å². The van der Waals surface area contributed by atoms with Gasteiger partial charge in [0, 0.05) is 6.54 Å². The molecular weight excluding hydrogens is 133 g/mol. The predicted molar refractivity (Wildman–Crippen MR) is 36.5 cm³/mol. The number of hydrogen-bond acceptors (Lipinski definition) is 2. The summed E-state index contributed by atoms with van der Waals surface area (Å²) in [4.78, 5) is 0. The zero-order chi connectivity index (χ0) is 7.40. The van der Waals surface area contributed by atoms with Gasteiger partial charge in [0.15, 0.2) is 0 Å². The molecule has 1 heterocycles. The summed E-state index contributed by atoms with van der Waals surface area (Å²) in [5.41, 5.74) is 5.27. The van der Waals surface area contributed by atoms with Crippen LogP contribution < -0.4 is 5.73 Å². The third kappa shape index (κ3) is 1.36. The molecule has 0 aliphatic heterocycles. The van der Waals surface area contributed by atoms with Crippen LogP contribution in [-0.2, 0) is 0 Å². The molecule has 1 atom stereocenters. The van der Waals surface area contributed by atoms with Crippen LogP contribution in [0, 0.1) is 0 Å². The van der Waals surface area contributed by atoms with Crippen molar-refractivity contribution in [1.82, 2.24) is 0 Å². The van der Waals surface area contributed by atoms with Crippen molar-refractivity contribution in [3.05, 3.63) is 24.2 Å². The second kappa shape index (κ2) is 3.37. The third-order valence-electron chi connectivity index (χ3n) is 1.42. The van der Waals surface area contributed by atoms with Gasteiger partial charge in [0.05, 0.1) is 12.2 Å². The Morgan fingerprint density at radius 3 is 2.90 bits per heavy atom. The van der Waals surface area contributed by atoms with Crippen LogP contribution in [0.2, 0.25) is 0 Å². The van der Waals surface area contributed by atoms with E-state index in [1.165, 1.54) is 6.26 Å². The molecule has 3 heteroatoms. The van der Waals surface area contributed by atoms with Gasteiger partial charge in [0.2, 0.25) is 0 Å². The van der Waals surface area contributed by atoms with E-state index in [1.54, 1.807) is 12.1 Å². The monoisotopic (exact) mass is 143 g/mol. The van der Waals surface area contributed by atoms with Gasteiger partial charge in [-0.3, -0.25) is 4.39 Å². The fourth-order valence-electron chi connectivity index (χ4n) is 0.779. The largest absolute Gasteiger partial charge is 0.469 e. The van der Waals surface area contributed by atoms with E-state index >= 15 is 0 Å². The molecule has 0 aromatic carbocycles. The highest BCUT2D eigenvalue weighted by Crippen LogP contribution is 2.14. The standard InChI is InChI=1S/C7H10FNO/c8-4-6(5-9)7-2-1-3-10-7/h1-3,6H,4-5,9H2. The zero-order valence-corrected chi connectivity index (χ0v) is 5.59. The van der Waals surface area contributed by atoms with Crippen LogP contribution in [0.1, 0.15) is 11.7 Å². The summed E-state index contributed by atoms with van der Waals surface area (Å²) in [5, 5.41) is 0. The number of hydrogen-bond donors (Lipinski definition) is 1. The number of alkyl halides is 1. The molecule has 0 saturated carbocycles. The first-order chi connectivity index (χ1) is 4.88. The Labute approximate surface area is 58.8 Å². The van der Waals surface area contributed by atoms with Gasteiger partial charge in [0.1, 0.15) is 12.4 Å². The molecule has 1 rings (SSSR count). The highest BCUT2D eigenvalue weighted by atomic mass is 19.1. The Bertz CT molecular complexity index is 170. The van der Waals surface area contributed by atoms with Crippen LogP contribution in [0.5, 0.6) is 0 Å². The Morgan fingerprint density at radius 1 is 1.70 bits per heavy atom. The van der Waals surface area contributed by atoms with E-state index in [0.717, 1.165) is 0 Å². The quantitative estimate of drug-likeness (QED) is 0.692. The van der Waals surface area contributed by atoms with Crippen molar-refractivity contribution in [2.75, 3.05) is 13.2 Å². The van der Waals surface area contributed by atoms with E-state index in [9.17, 15) is 4.39 Å². The average molecular weight is 143 g/mol. The number of furan rings is 1. The van der Waals surface area contributed by atoms with Crippen LogP contribution in [0.15, 0.2) is 22.8 Å². The van der Waals surface area contributed by atoms with Crippen molar-refractivity contribution in [2.24, 2.45) is 5.73 Å². The van der Waals surface area contributed by atoms with Gasteiger partial charge in [-0.25, -0.2) is 0 Å². The van der Waals surface area contributed by atoms with Crippen molar-refractivity contribution < 1.29 is 8.81 Å². The molecule has 0 aliphatic carbocycles. The van der Waals surface area contributed by atoms with Gasteiger partial charge in [0.25, 0.3) is 0 Å². The molecular formula is C7H10FNO. The Kier molecular flexibility index (Phi) is 2.45. The maximum atomic E-state index is 12.1. The van der Waals surface area contributed by atoms with E-state index in [0.29, 0.717) is 12.3 Å². The molecule has 10 heavy (non-hydrogen) atoms. The summed E-state index contributed by atoms with van der Waals surface area (Å²) in [6.07, 6.45) is 1.52. The van der Waals surface area contributed by atoms with E-state index in [2.05, 4.69) is 0 Å². The van der Waals surface area contributed by atoms with Crippen molar-refractivity contribution >= 4 is 0 Å². The van der Waals surface area contributed by atoms with Crippen LogP contribution >= 0.6 is 0 Å². The summed E-state index contributed by atoms with van der Waals surface area (Å²) in [7, 11) is 0. The summed E-state index contributed by atoms with van der Waals surface area (Å²) in [5.74, 6) is 0.361. The second-order valence-corrected chi connectivity index (χ2v) is 2.10. The highest BCUT2D eigenvalue weighted by molar-refractivity contribution is 5.05. The predicted octanol–water partition coefficient (Wildman–Crippen LogP) is 1.29. The Hall–Kier alpha value is -0.830. The lowest BCUT2D eigenvalue weighted by atomic mass is 10.1. The Morgan fingerprint density at radius 2 is 2.50 bits per heavy atom. The molecule has 1 aromatic heterocycles. The second-order valence-electron chi connectivity index (χ2n) is 2.10. The van der Waals surface area contributed by atoms with Crippen LogP contribution in [0.4, 0.5) is 4.39 Å². The lowest BCUT2D eigenvalue weighted by Crippen LogP contribution is -2.13. The summed E-state index contributed by atoms with van der Waals surface area (Å²) >= 11 is 0. The Balaban J connectivity index is 2.64. The van der Waals surface area contributed by atoms with Crippen molar-refractivity contribution in [2.45, 2.75) is 5.92 Å². The zero-order valence-electron chi connectivity index (χ0n) is 5.59. The molecule has 56 valence electrons. The smallest absolute Gasteiger partial charge is 0.110 e. The minimum Gasteiger partial charge on any atom is -0.469 e. The highest BCUT2D eigenvalue weighted by Gasteiger charge is 2.10. The van der Waals surface area contributed by atoms with Crippen LogP contribution in [0.3, 0.4) is 0 Å². The lowest BCUT2D eigenvalue weighted by molar-refractivity contribution is 0.379. The summed E-state index contributed by atoms with van der Waals surface area (Å²) in [6, 6.07) is 3.46. The fourth-order valence-corrected chi connectivity index (χ4v) is 0.779. The van der Waals surface area contributed by atoms with Gasteiger partial charge in [-0.1, -0.05) is 0 Å². The fraction of sp³-hybridized carbons (Fsp3) is 0.429. The van der Waals surface area contributed by atoms with E-state index in [1.807, 2.05) is 0 Å². The van der Waals surface area contributed by atoms with Crippen LogP contribution in [-0.4, -0.2) is 13.2 Å². The average Bonchev–Trinajstić information content (AvgIpc) is 2.43. The lowest BCUT2D eigenvalue weighted by Gasteiger charge is -2.04. The molecule has 1 aromatic rings. The van der Waals surface area contributed by atoms with Gasteiger partial charge in [-0.2, -0.15) is 0 Å².